The highest BCUT2D eigenvalue weighted by atomic mass is 19.4. The van der Waals surface area contributed by atoms with Crippen LogP contribution in [0, 0.1) is 11.3 Å². The Labute approximate surface area is 187 Å². The fraction of sp³-hybridized carbons (Fsp3) is 0.0455. The number of anilines is 1. The third-order valence-corrected chi connectivity index (χ3v) is 5.20. The first-order valence-electron chi connectivity index (χ1n) is 9.73. The molecule has 0 bridgehead atoms. The molecule has 4 heterocycles. The number of hydrogen-bond acceptors (Lipinski definition) is 5. The molecule has 0 saturated carbocycles. The Morgan fingerprint density at radius 1 is 1.12 bits per heavy atom. The van der Waals surface area contributed by atoms with E-state index in [2.05, 4.69) is 20.5 Å². The zero-order valence-electron chi connectivity index (χ0n) is 17.0. The van der Waals surface area contributed by atoms with E-state index in [9.17, 15) is 22.8 Å². The Balaban J connectivity index is 1.60. The number of nitrogens with one attached hydrogen (secondary N) is 2. The number of nitrogens with zero attached hydrogens (tertiary/aromatic N) is 5. The third-order valence-electron chi connectivity index (χ3n) is 5.20. The summed E-state index contributed by atoms with van der Waals surface area (Å²) in [5.41, 5.74) is -1.67. The number of carbonyl (C=O) groups is 1. The fourth-order valence-electron chi connectivity index (χ4n) is 3.70. The van der Waals surface area contributed by atoms with Crippen LogP contribution < -0.4 is 10.9 Å². The number of amides is 1. The van der Waals surface area contributed by atoms with Gasteiger partial charge in [0.2, 0.25) is 0 Å². The average molecular weight is 463 g/mol. The van der Waals surface area contributed by atoms with Crippen LogP contribution in [0.2, 0.25) is 0 Å². The number of carbonyl (C=O) groups excluding carboxylic acids is 1. The number of benzene rings is 1. The van der Waals surface area contributed by atoms with Crippen molar-refractivity contribution in [2.45, 2.75) is 6.18 Å². The van der Waals surface area contributed by atoms with Gasteiger partial charge in [0.05, 0.1) is 34.7 Å². The number of aromatic amines is 1. The van der Waals surface area contributed by atoms with E-state index >= 15 is 0 Å². The molecular formula is C22H12F3N7O2. The fourth-order valence-corrected chi connectivity index (χ4v) is 3.70. The van der Waals surface area contributed by atoms with Gasteiger partial charge in [-0.3, -0.25) is 9.59 Å². The highest BCUT2D eigenvalue weighted by Gasteiger charge is 2.41. The van der Waals surface area contributed by atoms with Gasteiger partial charge in [-0.25, -0.2) is 9.20 Å². The third kappa shape index (κ3) is 3.36. The Kier molecular flexibility index (Phi) is 4.68. The molecule has 5 aromatic rings. The second-order valence-corrected chi connectivity index (χ2v) is 7.23. The average Bonchev–Trinajstić information content (AvgIpc) is 3.43. The second kappa shape index (κ2) is 7.59. The molecular weight excluding hydrogens is 451 g/mol. The SMILES string of the molecule is N#Cc1cnn2ccc(NC(=O)c3cnn(-c4cccc5c(=O)[nH]ccc45)c3C(F)(F)F)cc12. The molecule has 0 saturated heterocycles. The monoisotopic (exact) mass is 463 g/mol. The first kappa shape index (κ1) is 21.0. The van der Waals surface area contributed by atoms with Gasteiger partial charge in [-0.15, -0.1) is 0 Å². The lowest BCUT2D eigenvalue weighted by Crippen LogP contribution is -2.21. The van der Waals surface area contributed by atoms with Crippen molar-refractivity contribution in [3.63, 3.8) is 0 Å². The molecule has 9 nitrogen and oxygen atoms in total. The van der Waals surface area contributed by atoms with Gasteiger partial charge in [0.25, 0.3) is 11.5 Å². The van der Waals surface area contributed by atoms with Crippen molar-refractivity contribution < 1.29 is 18.0 Å². The van der Waals surface area contributed by atoms with E-state index in [4.69, 9.17) is 5.26 Å². The molecule has 0 fully saturated rings. The highest BCUT2D eigenvalue weighted by Crippen LogP contribution is 2.35. The number of fused-ring (bicyclic) bond motifs is 2. The Hall–Kier alpha value is -4.92. The summed E-state index contributed by atoms with van der Waals surface area (Å²) in [7, 11) is 0. The number of H-pyrrole nitrogens is 1. The lowest BCUT2D eigenvalue weighted by molar-refractivity contribution is -0.143. The van der Waals surface area contributed by atoms with Crippen molar-refractivity contribution in [1.29, 1.82) is 5.26 Å². The van der Waals surface area contributed by atoms with Crippen LogP contribution in [0.3, 0.4) is 0 Å². The minimum Gasteiger partial charge on any atom is -0.329 e. The zero-order chi connectivity index (χ0) is 24.0. The first-order chi connectivity index (χ1) is 16.3. The molecule has 12 heteroatoms. The highest BCUT2D eigenvalue weighted by molar-refractivity contribution is 6.05. The molecule has 0 aliphatic carbocycles. The van der Waals surface area contributed by atoms with Gasteiger partial charge in [0.1, 0.15) is 6.07 Å². The van der Waals surface area contributed by atoms with Crippen LogP contribution >= 0.6 is 0 Å². The van der Waals surface area contributed by atoms with Gasteiger partial charge in [-0.2, -0.15) is 28.6 Å². The zero-order valence-corrected chi connectivity index (χ0v) is 17.0. The lowest BCUT2D eigenvalue weighted by atomic mass is 10.1. The van der Waals surface area contributed by atoms with Gasteiger partial charge in [-0.1, -0.05) is 6.07 Å². The van der Waals surface area contributed by atoms with Crippen molar-refractivity contribution in [2.75, 3.05) is 5.32 Å². The Morgan fingerprint density at radius 2 is 1.94 bits per heavy atom. The van der Waals surface area contributed by atoms with E-state index in [1.165, 1.54) is 59.5 Å². The number of aromatic nitrogens is 5. The van der Waals surface area contributed by atoms with E-state index in [1.54, 1.807) is 0 Å². The minimum atomic E-state index is -4.93. The van der Waals surface area contributed by atoms with E-state index in [1.807, 2.05) is 6.07 Å². The molecule has 0 aliphatic rings. The van der Waals surface area contributed by atoms with Gasteiger partial charge < -0.3 is 10.3 Å². The summed E-state index contributed by atoms with van der Waals surface area (Å²) in [6.07, 6.45) is 0.00821. The lowest BCUT2D eigenvalue weighted by Gasteiger charge is -2.14. The van der Waals surface area contributed by atoms with Gasteiger partial charge in [-0.05, 0) is 30.3 Å². The first-order valence-corrected chi connectivity index (χ1v) is 9.73. The van der Waals surface area contributed by atoms with Crippen LogP contribution in [0.4, 0.5) is 18.9 Å². The summed E-state index contributed by atoms with van der Waals surface area (Å²) in [6, 6.07) is 10.6. The maximum atomic E-state index is 14.1. The molecule has 0 radical (unpaired) electrons. The molecule has 168 valence electrons. The van der Waals surface area contributed by atoms with Gasteiger partial charge in [0, 0.05) is 28.9 Å². The molecule has 0 atom stereocenters. The number of alkyl halides is 3. The number of hydrogen-bond donors (Lipinski definition) is 2. The van der Waals surface area contributed by atoms with Crippen LogP contribution in [0.1, 0.15) is 21.6 Å². The van der Waals surface area contributed by atoms with E-state index in [0.717, 1.165) is 6.20 Å². The van der Waals surface area contributed by atoms with Crippen molar-refractivity contribution in [3.8, 4) is 11.8 Å². The summed E-state index contributed by atoms with van der Waals surface area (Å²) in [4.78, 5) is 27.4. The number of halogens is 3. The van der Waals surface area contributed by atoms with Crippen molar-refractivity contribution >= 4 is 27.9 Å². The molecule has 1 aromatic carbocycles. The van der Waals surface area contributed by atoms with E-state index in [-0.39, 0.29) is 27.7 Å². The van der Waals surface area contributed by atoms with Crippen LogP contribution in [-0.2, 0) is 6.18 Å². The number of rotatable bonds is 3. The molecule has 0 unspecified atom stereocenters. The second-order valence-electron chi connectivity index (χ2n) is 7.23. The maximum absolute atomic E-state index is 14.1. The maximum Gasteiger partial charge on any atom is 0.434 e. The van der Waals surface area contributed by atoms with Crippen molar-refractivity contribution in [3.05, 3.63) is 88.4 Å². The summed E-state index contributed by atoms with van der Waals surface area (Å²) >= 11 is 0. The van der Waals surface area contributed by atoms with Crippen LogP contribution in [0.25, 0.3) is 22.0 Å². The quantitative estimate of drug-likeness (QED) is 0.424. The molecule has 4 aromatic heterocycles. The van der Waals surface area contributed by atoms with Crippen LogP contribution in [0.15, 0.2) is 66.0 Å². The largest absolute Gasteiger partial charge is 0.434 e. The summed E-state index contributed by atoms with van der Waals surface area (Å²) in [5, 5.41) is 19.8. The van der Waals surface area contributed by atoms with Gasteiger partial charge in [0.15, 0.2) is 5.69 Å². The molecule has 0 aliphatic heterocycles. The van der Waals surface area contributed by atoms with Crippen molar-refractivity contribution in [2.24, 2.45) is 0 Å². The summed E-state index contributed by atoms with van der Waals surface area (Å²) in [6.45, 7) is 0. The summed E-state index contributed by atoms with van der Waals surface area (Å²) < 4.78 is 44.3. The van der Waals surface area contributed by atoms with E-state index in [0.29, 0.717) is 10.2 Å². The predicted octanol–water partition coefficient (Wildman–Crippen LogP) is 3.50. The van der Waals surface area contributed by atoms with Crippen LogP contribution in [0.5, 0.6) is 0 Å². The number of pyridine rings is 2. The van der Waals surface area contributed by atoms with Crippen LogP contribution in [-0.4, -0.2) is 30.3 Å². The number of nitriles is 1. The van der Waals surface area contributed by atoms with Gasteiger partial charge >= 0.3 is 6.18 Å². The molecule has 2 N–H and O–H groups in total. The molecule has 0 spiro atoms. The molecule has 5 rings (SSSR count). The standard InChI is InChI=1S/C22H12F3N7O2/c23-22(24,25)19-16(21(34)30-13-5-7-31-18(8-13)12(9-26)10-28-31)11-29-32(19)17-3-1-2-15-14(17)4-6-27-20(15)33/h1-8,10-11H,(H,27,33)(H,30,34). The normalized spacial score (nSPS) is 11.6. The smallest absolute Gasteiger partial charge is 0.329 e. The van der Waals surface area contributed by atoms with Crippen molar-refractivity contribution in [1.82, 2.24) is 24.4 Å². The predicted molar refractivity (Wildman–Crippen MR) is 115 cm³/mol. The molecule has 1 amide bonds. The Bertz CT molecular complexity index is 1690. The topological polar surface area (TPSA) is 121 Å². The summed E-state index contributed by atoms with van der Waals surface area (Å²) in [5.74, 6) is -1.04. The Morgan fingerprint density at radius 3 is 2.71 bits per heavy atom. The molecule has 34 heavy (non-hydrogen) atoms. The minimum absolute atomic E-state index is 0.00526. The van der Waals surface area contributed by atoms with E-state index < -0.39 is 28.9 Å².